The molecule has 1 amide bonds. The number of piperazine rings is 1. The van der Waals surface area contributed by atoms with Gasteiger partial charge in [-0.2, -0.15) is 9.40 Å². The minimum atomic E-state index is -3.80. The van der Waals surface area contributed by atoms with Crippen LogP contribution in [0.5, 0.6) is 0 Å². The predicted molar refractivity (Wildman–Crippen MR) is 124 cm³/mol. The monoisotopic (exact) mass is 492 g/mol. The van der Waals surface area contributed by atoms with E-state index in [0.29, 0.717) is 10.6 Å². The predicted octanol–water partition coefficient (Wildman–Crippen LogP) is 3.94. The van der Waals surface area contributed by atoms with Crippen molar-refractivity contribution in [2.45, 2.75) is 18.7 Å². The maximum atomic E-state index is 13.0. The molecule has 0 saturated carbocycles. The number of aromatic nitrogens is 2. The fraction of sp³-hybridized carbons (Fsp3) is 0.273. The largest absolute Gasteiger partial charge is 0.336 e. The molecule has 1 aliphatic rings. The van der Waals surface area contributed by atoms with E-state index in [1.165, 1.54) is 16.4 Å². The second-order valence-electron chi connectivity index (χ2n) is 7.66. The fourth-order valence-corrected chi connectivity index (χ4v) is 5.92. The van der Waals surface area contributed by atoms with Gasteiger partial charge in [0.05, 0.1) is 16.4 Å². The molecule has 0 bridgehead atoms. The quantitative estimate of drug-likeness (QED) is 0.552. The average molecular weight is 493 g/mol. The van der Waals surface area contributed by atoms with E-state index in [9.17, 15) is 13.2 Å². The van der Waals surface area contributed by atoms with E-state index in [0.717, 1.165) is 17.1 Å². The molecule has 2 aromatic carbocycles. The van der Waals surface area contributed by atoms with E-state index in [-0.39, 0.29) is 42.0 Å². The zero-order valence-corrected chi connectivity index (χ0v) is 20.0. The Balaban J connectivity index is 1.44. The van der Waals surface area contributed by atoms with Gasteiger partial charge in [-0.1, -0.05) is 23.2 Å². The third kappa shape index (κ3) is 4.41. The molecule has 3 aromatic rings. The first-order valence-corrected chi connectivity index (χ1v) is 12.2. The Hall–Kier alpha value is -2.39. The molecule has 1 fully saturated rings. The Labute approximate surface area is 197 Å². The van der Waals surface area contributed by atoms with Crippen LogP contribution in [0.25, 0.3) is 5.69 Å². The highest BCUT2D eigenvalue weighted by Crippen LogP contribution is 2.28. The number of halogens is 2. The van der Waals surface area contributed by atoms with Crippen LogP contribution < -0.4 is 0 Å². The van der Waals surface area contributed by atoms with Crippen LogP contribution in [0.1, 0.15) is 21.7 Å². The second kappa shape index (κ2) is 8.86. The first-order valence-electron chi connectivity index (χ1n) is 10.0. The zero-order valence-electron chi connectivity index (χ0n) is 17.6. The molecule has 7 nitrogen and oxygen atoms in total. The first kappa shape index (κ1) is 22.8. The average Bonchev–Trinajstić information content (AvgIpc) is 3.13. The third-order valence-corrected chi connectivity index (χ3v) is 8.02. The molecular weight excluding hydrogens is 471 g/mol. The lowest BCUT2D eigenvalue weighted by Gasteiger charge is -2.34. The van der Waals surface area contributed by atoms with Crippen molar-refractivity contribution < 1.29 is 13.2 Å². The minimum absolute atomic E-state index is 0.0221. The van der Waals surface area contributed by atoms with Gasteiger partial charge in [-0.3, -0.25) is 4.79 Å². The van der Waals surface area contributed by atoms with Gasteiger partial charge in [-0.05, 0) is 62.4 Å². The van der Waals surface area contributed by atoms with Crippen molar-refractivity contribution in [2.75, 3.05) is 26.2 Å². The highest BCUT2D eigenvalue weighted by atomic mass is 35.5. The number of hydrogen-bond donors (Lipinski definition) is 0. The topological polar surface area (TPSA) is 75.5 Å². The summed E-state index contributed by atoms with van der Waals surface area (Å²) in [5.41, 5.74) is 3.36. The molecule has 0 unspecified atom stereocenters. The Kier molecular flexibility index (Phi) is 6.31. The molecule has 0 atom stereocenters. The summed E-state index contributed by atoms with van der Waals surface area (Å²) in [5, 5.41) is 4.87. The fourth-order valence-electron chi connectivity index (χ4n) is 3.76. The van der Waals surface area contributed by atoms with E-state index >= 15 is 0 Å². The molecule has 32 heavy (non-hydrogen) atoms. The summed E-state index contributed by atoms with van der Waals surface area (Å²) < 4.78 is 29.1. The van der Waals surface area contributed by atoms with Gasteiger partial charge in [0, 0.05) is 42.5 Å². The smallest absolute Gasteiger partial charge is 0.253 e. The summed E-state index contributed by atoms with van der Waals surface area (Å²) >= 11 is 12.0. The van der Waals surface area contributed by atoms with E-state index in [4.69, 9.17) is 23.2 Å². The van der Waals surface area contributed by atoms with Crippen molar-refractivity contribution in [3.63, 3.8) is 0 Å². The lowest BCUT2D eigenvalue weighted by Crippen LogP contribution is -2.50. The molecule has 1 aromatic heterocycles. The number of nitrogens with zero attached hydrogens (tertiary/aromatic N) is 4. The second-order valence-corrected chi connectivity index (χ2v) is 10.4. The van der Waals surface area contributed by atoms with E-state index in [1.54, 1.807) is 23.1 Å². The Morgan fingerprint density at radius 2 is 1.59 bits per heavy atom. The number of aryl methyl sites for hydroxylation is 2. The first-order chi connectivity index (χ1) is 15.2. The molecule has 0 aliphatic carbocycles. The maximum absolute atomic E-state index is 13.0. The third-order valence-electron chi connectivity index (χ3n) is 5.41. The molecule has 0 N–H and O–H groups in total. The van der Waals surface area contributed by atoms with Crippen LogP contribution in [0.15, 0.2) is 53.4 Å². The van der Waals surface area contributed by atoms with Crippen LogP contribution in [0.3, 0.4) is 0 Å². The standard InChI is InChI=1S/C22H22Cl2N4O3S/c1-15-13-16(2)28(25-15)19-6-3-17(4-7-19)22(29)26-9-11-27(12-10-26)32(30,31)21-14-18(23)5-8-20(21)24/h3-8,13-14H,9-12H2,1-2H3. The lowest BCUT2D eigenvalue weighted by molar-refractivity contribution is 0.0698. The molecule has 0 radical (unpaired) electrons. The van der Waals surface area contributed by atoms with Gasteiger partial charge in [0.2, 0.25) is 10.0 Å². The number of carbonyl (C=O) groups is 1. The number of hydrogen-bond acceptors (Lipinski definition) is 4. The number of carbonyl (C=O) groups excluding carboxylic acids is 1. The van der Waals surface area contributed by atoms with E-state index < -0.39 is 10.0 Å². The van der Waals surface area contributed by atoms with E-state index in [2.05, 4.69) is 5.10 Å². The molecule has 168 valence electrons. The molecule has 2 heterocycles. The highest BCUT2D eigenvalue weighted by Gasteiger charge is 2.32. The molecule has 10 heteroatoms. The summed E-state index contributed by atoms with van der Waals surface area (Å²) in [7, 11) is -3.80. The Bertz CT molecular complexity index is 1260. The van der Waals surface area contributed by atoms with Gasteiger partial charge in [0.25, 0.3) is 5.91 Å². The van der Waals surface area contributed by atoms with Crippen molar-refractivity contribution in [3.8, 4) is 5.69 Å². The summed E-state index contributed by atoms with van der Waals surface area (Å²) in [6, 6.07) is 13.6. The minimum Gasteiger partial charge on any atom is -0.336 e. The maximum Gasteiger partial charge on any atom is 0.253 e. The highest BCUT2D eigenvalue weighted by molar-refractivity contribution is 7.89. The molecule has 4 rings (SSSR count). The van der Waals surface area contributed by atoms with Crippen LogP contribution in [-0.4, -0.2) is 59.5 Å². The number of amides is 1. The van der Waals surface area contributed by atoms with Crippen LogP contribution in [0.2, 0.25) is 10.0 Å². The van der Waals surface area contributed by atoms with Gasteiger partial charge in [-0.15, -0.1) is 0 Å². The summed E-state index contributed by atoms with van der Waals surface area (Å²) in [5.74, 6) is -0.136. The van der Waals surface area contributed by atoms with Crippen molar-refractivity contribution in [2.24, 2.45) is 0 Å². The molecule has 1 saturated heterocycles. The number of sulfonamides is 1. The van der Waals surface area contributed by atoms with Crippen molar-refractivity contribution >= 4 is 39.1 Å². The van der Waals surface area contributed by atoms with Crippen molar-refractivity contribution in [1.29, 1.82) is 0 Å². The summed E-state index contributed by atoms with van der Waals surface area (Å²) in [6.07, 6.45) is 0. The van der Waals surface area contributed by atoms with Crippen molar-refractivity contribution in [1.82, 2.24) is 19.0 Å². The van der Waals surface area contributed by atoms with Crippen LogP contribution >= 0.6 is 23.2 Å². The summed E-state index contributed by atoms with van der Waals surface area (Å²) in [4.78, 5) is 14.6. The van der Waals surface area contributed by atoms with Crippen LogP contribution in [0, 0.1) is 13.8 Å². The van der Waals surface area contributed by atoms with Crippen molar-refractivity contribution in [3.05, 3.63) is 75.5 Å². The Morgan fingerprint density at radius 1 is 0.938 bits per heavy atom. The Morgan fingerprint density at radius 3 is 2.19 bits per heavy atom. The summed E-state index contributed by atoms with van der Waals surface area (Å²) in [6.45, 7) is 4.84. The van der Waals surface area contributed by atoms with Crippen LogP contribution in [0.4, 0.5) is 0 Å². The molecule has 1 aliphatic heterocycles. The van der Waals surface area contributed by atoms with Gasteiger partial charge >= 0.3 is 0 Å². The SMILES string of the molecule is Cc1cc(C)n(-c2ccc(C(=O)N3CCN(S(=O)(=O)c4cc(Cl)ccc4Cl)CC3)cc2)n1. The van der Waals surface area contributed by atoms with Gasteiger partial charge in [0.1, 0.15) is 4.90 Å². The van der Waals surface area contributed by atoms with Crippen LogP contribution in [-0.2, 0) is 10.0 Å². The molecule has 0 spiro atoms. The van der Waals surface area contributed by atoms with E-state index in [1.807, 2.05) is 36.7 Å². The molecular formula is C22H22Cl2N4O3S. The lowest BCUT2D eigenvalue weighted by atomic mass is 10.1. The van der Waals surface area contributed by atoms with Gasteiger partial charge in [-0.25, -0.2) is 13.1 Å². The number of benzene rings is 2. The normalized spacial score (nSPS) is 15.2. The van der Waals surface area contributed by atoms with Gasteiger partial charge < -0.3 is 4.90 Å². The van der Waals surface area contributed by atoms with Gasteiger partial charge in [0.15, 0.2) is 0 Å². The number of rotatable bonds is 4. The zero-order chi connectivity index (χ0) is 23.0.